The van der Waals surface area contributed by atoms with E-state index in [-0.39, 0.29) is 5.91 Å². The number of amides is 1. The van der Waals surface area contributed by atoms with Crippen molar-refractivity contribution in [3.8, 4) is 5.75 Å². The lowest BCUT2D eigenvalue weighted by Crippen LogP contribution is -2.49. The van der Waals surface area contributed by atoms with Crippen LogP contribution in [0.4, 0.5) is 5.82 Å². The van der Waals surface area contributed by atoms with E-state index in [4.69, 9.17) is 26.1 Å². The van der Waals surface area contributed by atoms with E-state index in [1.54, 1.807) is 26.4 Å². The third kappa shape index (κ3) is 5.32. The number of rotatable bonds is 7. The van der Waals surface area contributed by atoms with Crippen LogP contribution in [0.25, 0.3) is 0 Å². The van der Waals surface area contributed by atoms with Gasteiger partial charge in [-0.1, -0.05) is 35.9 Å². The van der Waals surface area contributed by atoms with E-state index in [0.29, 0.717) is 55.6 Å². The van der Waals surface area contributed by atoms with E-state index in [1.807, 2.05) is 42.2 Å². The van der Waals surface area contributed by atoms with Gasteiger partial charge in [0.1, 0.15) is 17.4 Å². The van der Waals surface area contributed by atoms with Crippen LogP contribution in [0.3, 0.4) is 0 Å². The predicted octanol–water partition coefficient (Wildman–Crippen LogP) is 4.15. The summed E-state index contributed by atoms with van der Waals surface area (Å²) in [5.41, 5.74) is 3.56. The predicted molar refractivity (Wildman–Crippen MR) is 133 cm³/mol. The number of carbonyl (C=O) groups excluding carboxylic acids is 1. The molecule has 1 saturated heterocycles. The van der Waals surface area contributed by atoms with Crippen molar-refractivity contribution in [2.24, 2.45) is 0 Å². The fourth-order valence-electron chi connectivity index (χ4n) is 4.25. The summed E-state index contributed by atoms with van der Waals surface area (Å²) in [6.07, 6.45) is 0.657. The monoisotopic (exact) mass is 480 g/mol. The molecule has 0 N–H and O–H groups in total. The maximum Gasteiger partial charge on any atom is 0.255 e. The molecule has 1 aromatic heterocycles. The van der Waals surface area contributed by atoms with Crippen LogP contribution in [-0.2, 0) is 17.8 Å². The molecule has 0 spiro atoms. The normalized spacial score (nSPS) is 13.8. The summed E-state index contributed by atoms with van der Waals surface area (Å²) in [5, 5.41) is 0.478. The molecule has 0 bridgehead atoms. The number of hydrogen-bond donors (Lipinski definition) is 0. The van der Waals surface area contributed by atoms with Gasteiger partial charge in [0.2, 0.25) is 0 Å². The smallest absolute Gasteiger partial charge is 0.255 e. The minimum Gasteiger partial charge on any atom is -0.497 e. The van der Waals surface area contributed by atoms with Gasteiger partial charge in [0.25, 0.3) is 5.91 Å². The first-order valence-corrected chi connectivity index (χ1v) is 11.6. The number of aromatic nitrogens is 2. The molecule has 4 rings (SSSR count). The first-order chi connectivity index (χ1) is 16.5. The molecule has 2 aromatic carbocycles. The largest absolute Gasteiger partial charge is 0.497 e. The molecule has 0 atom stereocenters. The summed E-state index contributed by atoms with van der Waals surface area (Å²) in [5.74, 6) is 2.37. The Morgan fingerprint density at radius 3 is 2.50 bits per heavy atom. The second-order valence-corrected chi connectivity index (χ2v) is 8.65. The third-order valence-electron chi connectivity index (χ3n) is 5.95. The lowest BCUT2D eigenvalue weighted by atomic mass is 10.0. The molecule has 0 radical (unpaired) electrons. The van der Waals surface area contributed by atoms with Gasteiger partial charge in [-0.2, -0.15) is 0 Å². The Kier molecular flexibility index (Phi) is 7.65. The molecule has 0 saturated carbocycles. The molecule has 0 aliphatic carbocycles. The number of piperazine rings is 1. The molecular weight excluding hydrogens is 452 g/mol. The van der Waals surface area contributed by atoms with Crippen molar-refractivity contribution >= 4 is 23.3 Å². The van der Waals surface area contributed by atoms with Gasteiger partial charge < -0.3 is 19.3 Å². The molecule has 2 heterocycles. The quantitative estimate of drug-likeness (QED) is 0.506. The summed E-state index contributed by atoms with van der Waals surface area (Å²) < 4.78 is 10.9. The molecular formula is C26H29ClN4O3. The second kappa shape index (κ2) is 10.8. The topological polar surface area (TPSA) is 67.8 Å². The average molecular weight is 481 g/mol. The average Bonchev–Trinajstić information content (AvgIpc) is 2.86. The molecule has 1 amide bonds. The highest BCUT2D eigenvalue weighted by Crippen LogP contribution is 2.28. The van der Waals surface area contributed by atoms with Gasteiger partial charge in [-0.05, 0) is 36.8 Å². The van der Waals surface area contributed by atoms with Gasteiger partial charge in [-0.15, -0.1) is 0 Å². The van der Waals surface area contributed by atoms with Crippen LogP contribution in [0, 0.1) is 6.92 Å². The lowest BCUT2D eigenvalue weighted by Gasteiger charge is -2.36. The Labute approximate surface area is 205 Å². The van der Waals surface area contributed by atoms with Gasteiger partial charge in [0, 0.05) is 45.3 Å². The van der Waals surface area contributed by atoms with Crippen LogP contribution in [0.5, 0.6) is 5.75 Å². The Balaban J connectivity index is 1.59. The summed E-state index contributed by atoms with van der Waals surface area (Å²) in [7, 11) is 3.34. The Morgan fingerprint density at radius 1 is 1.03 bits per heavy atom. The molecule has 1 aliphatic rings. The molecule has 0 unspecified atom stereocenters. The molecule has 3 aromatic rings. The first kappa shape index (κ1) is 24.0. The van der Waals surface area contributed by atoms with Crippen LogP contribution in [-0.4, -0.2) is 61.2 Å². The number of hydrogen-bond acceptors (Lipinski definition) is 6. The van der Waals surface area contributed by atoms with Crippen LogP contribution >= 0.6 is 11.6 Å². The molecule has 34 heavy (non-hydrogen) atoms. The van der Waals surface area contributed by atoms with Crippen molar-refractivity contribution in [1.29, 1.82) is 0 Å². The number of anilines is 1. The highest BCUT2D eigenvalue weighted by molar-refractivity contribution is 6.33. The first-order valence-electron chi connectivity index (χ1n) is 11.3. The van der Waals surface area contributed by atoms with Crippen molar-refractivity contribution in [3.05, 3.63) is 81.8 Å². The SMILES string of the molecule is COCc1nc(C)nc(N2CCN(C(=O)c3ccccc3Cl)CC2)c1Cc1cccc(OC)c1. The Morgan fingerprint density at radius 2 is 1.79 bits per heavy atom. The highest BCUT2D eigenvalue weighted by Gasteiger charge is 2.27. The number of nitrogens with zero attached hydrogens (tertiary/aromatic N) is 4. The zero-order valence-electron chi connectivity index (χ0n) is 19.8. The Hall–Kier alpha value is -3.16. The van der Waals surface area contributed by atoms with Crippen LogP contribution < -0.4 is 9.64 Å². The fraction of sp³-hybridized carbons (Fsp3) is 0.346. The summed E-state index contributed by atoms with van der Waals surface area (Å²) in [6.45, 7) is 4.82. The van der Waals surface area contributed by atoms with Crippen molar-refractivity contribution in [3.63, 3.8) is 0 Å². The van der Waals surface area contributed by atoms with Gasteiger partial charge in [0.05, 0.1) is 30.0 Å². The zero-order chi connectivity index (χ0) is 24.1. The second-order valence-electron chi connectivity index (χ2n) is 8.24. The van der Waals surface area contributed by atoms with Crippen molar-refractivity contribution in [2.75, 3.05) is 45.3 Å². The number of ether oxygens (including phenoxy) is 2. The number of methoxy groups -OCH3 is 2. The van der Waals surface area contributed by atoms with E-state index in [2.05, 4.69) is 16.0 Å². The summed E-state index contributed by atoms with van der Waals surface area (Å²) >= 11 is 6.25. The van der Waals surface area contributed by atoms with E-state index < -0.39 is 0 Å². The number of halogens is 1. The van der Waals surface area contributed by atoms with Crippen molar-refractivity contribution < 1.29 is 14.3 Å². The maximum absolute atomic E-state index is 13.0. The van der Waals surface area contributed by atoms with Gasteiger partial charge in [0.15, 0.2) is 0 Å². The van der Waals surface area contributed by atoms with Crippen molar-refractivity contribution in [2.45, 2.75) is 20.0 Å². The lowest BCUT2D eigenvalue weighted by molar-refractivity contribution is 0.0746. The minimum atomic E-state index is -0.0409. The molecule has 1 fully saturated rings. The van der Waals surface area contributed by atoms with E-state index >= 15 is 0 Å². The number of carbonyl (C=O) groups is 1. The van der Waals surface area contributed by atoms with E-state index in [0.717, 1.165) is 28.4 Å². The van der Waals surface area contributed by atoms with Gasteiger partial charge in [-0.3, -0.25) is 4.79 Å². The van der Waals surface area contributed by atoms with Crippen LogP contribution in [0.2, 0.25) is 5.02 Å². The maximum atomic E-state index is 13.0. The molecule has 8 heteroatoms. The zero-order valence-corrected chi connectivity index (χ0v) is 20.5. The minimum absolute atomic E-state index is 0.0409. The molecule has 7 nitrogen and oxygen atoms in total. The van der Waals surface area contributed by atoms with Gasteiger partial charge in [-0.25, -0.2) is 9.97 Å². The standard InChI is InChI=1S/C26H29ClN4O3/c1-18-28-24(17-33-2)22(16-19-7-6-8-20(15-19)34-3)25(29-18)30-11-13-31(14-12-30)26(32)21-9-4-5-10-23(21)27/h4-10,15H,11-14,16-17H2,1-3H3. The number of benzene rings is 2. The third-order valence-corrected chi connectivity index (χ3v) is 6.28. The van der Waals surface area contributed by atoms with Crippen LogP contribution in [0.15, 0.2) is 48.5 Å². The number of aryl methyl sites for hydroxylation is 1. The highest BCUT2D eigenvalue weighted by atomic mass is 35.5. The van der Waals surface area contributed by atoms with Gasteiger partial charge >= 0.3 is 0 Å². The van der Waals surface area contributed by atoms with Crippen LogP contribution in [0.1, 0.15) is 33.0 Å². The van der Waals surface area contributed by atoms with Crippen molar-refractivity contribution in [1.82, 2.24) is 14.9 Å². The fourth-order valence-corrected chi connectivity index (χ4v) is 4.47. The van der Waals surface area contributed by atoms with E-state index in [1.165, 1.54) is 0 Å². The van der Waals surface area contributed by atoms with E-state index in [9.17, 15) is 4.79 Å². The molecule has 1 aliphatic heterocycles. The summed E-state index contributed by atoms with van der Waals surface area (Å²) in [4.78, 5) is 26.6. The molecule has 178 valence electrons. The summed E-state index contributed by atoms with van der Waals surface area (Å²) in [6, 6.07) is 15.2. The Bertz CT molecular complexity index is 1160.